The molecule has 0 spiro atoms. The van der Waals surface area contributed by atoms with Gasteiger partial charge in [-0.2, -0.15) is 0 Å². The summed E-state index contributed by atoms with van der Waals surface area (Å²) in [5.41, 5.74) is 1.03. The molecule has 0 aromatic heterocycles. The van der Waals surface area contributed by atoms with Crippen molar-refractivity contribution >= 4 is 23.2 Å². The predicted molar refractivity (Wildman–Crippen MR) is 154 cm³/mol. The van der Waals surface area contributed by atoms with Gasteiger partial charge < -0.3 is 20.1 Å². The van der Waals surface area contributed by atoms with Crippen LogP contribution in [0.2, 0.25) is 0 Å². The highest BCUT2D eigenvalue weighted by Gasteiger charge is 2.14. The van der Waals surface area contributed by atoms with E-state index >= 15 is 0 Å². The number of nitrogens with one attached hydrogen (secondary N) is 2. The van der Waals surface area contributed by atoms with Crippen LogP contribution in [-0.4, -0.2) is 18.4 Å². The molecule has 0 aliphatic carbocycles. The van der Waals surface area contributed by atoms with Crippen molar-refractivity contribution in [1.29, 1.82) is 0 Å². The zero-order chi connectivity index (χ0) is 26.8. The van der Waals surface area contributed by atoms with Gasteiger partial charge in [0, 0.05) is 11.4 Å². The van der Waals surface area contributed by atoms with E-state index in [2.05, 4.69) is 17.6 Å². The maximum absolute atomic E-state index is 12.3. The number of rotatable bonds is 16. The topological polar surface area (TPSA) is 76.7 Å². The number of unbranched alkanes of at least 4 members (excludes halogenated alkanes) is 9. The van der Waals surface area contributed by atoms with Gasteiger partial charge in [0.1, 0.15) is 17.2 Å². The zero-order valence-electron chi connectivity index (χ0n) is 22.4. The molecular weight excluding hydrogens is 476 g/mol. The fourth-order valence-electron chi connectivity index (χ4n) is 4.02. The third kappa shape index (κ3) is 11.1. The second kappa shape index (κ2) is 16.8. The van der Waals surface area contributed by atoms with Crippen LogP contribution in [0.25, 0.3) is 0 Å². The van der Waals surface area contributed by atoms with E-state index in [1.807, 2.05) is 30.3 Å². The molecule has 2 N–H and O–H groups in total. The Morgan fingerprint density at radius 3 is 1.53 bits per heavy atom. The summed E-state index contributed by atoms with van der Waals surface area (Å²) in [6.07, 6.45) is 12.9. The number of hydrogen-bond donors (Lipinski definition) is 2. The van der Waals surface area contributed by atoms with Gasteiger partial charge in [-0.15, -0.1) is 0 Å². The molecule has 3 aromatic rings. The number of carbonyl (C=O) groups excluding carboxylic acids is 2. The van der Waals surface area contributed by atoms with Gasteiger partial charge in [0.25, 0.3) is 0 Å². The second-order valence-corrected chi connectivity index (χ2v) is 9.40. The van der Waals surface area contributed by atoms with Crippen molar-refractivity contribution in [2.75, 3.05) is 17.2 Å². The fourth-order valence-corrected chi connectivity index (χ4v) is 4.02. The molecule has 0 saturated heterocycles. The van der Waals surface area contributed by atoms with Crippen LogP contribution in [0.4, 0.5) is 11.4 Å². The van der Waals surface area contributed by atoms with Crippen molar-refractivity contribution in [3.63, 3.8) is 0 Å². The van der Waals surface area contributed by atoms with Gasteiger partial charge in [-0.1, -0.05) is 82.9 Å². The van der Waals surface area contributed by atoms with Crippen LogP contribution < -0.4 is 20.1 Å². The molecule has 0 atom stereocenters. The van der Waals surface area contributed by atoms with E-state index in [0.29, 0.717) is 23.7 Å². The Hall–Kier alpha value is -3.80. The fraction of sp³-hybridized carbons (Fsp3) is 0.375. The van der Waals surface area contributed by atoms with Gasteiger partial charge in [0.2, 0.25) is 0 Å². The maximum Gasteiger partial charge on any atom is 0.314 e. The lowest BCUT2D eigenvalue weighted by Crippen LogP contribution is -2.29. The molecular formula is C32H40N2O4. The lowest BCUT2D eigenvalue weighted by Gasteiger charge is -2.10. The molecule has 6 heteroatoms. The van der Waals surface area contributed by atoms with E-state index < -0.39 is 11.8 Å². The van der Waals surface area contributed by atoms with Crippen LogP contribution in [0.15, 0.2) is 78.9 Å². The minimum absolute atomic E-state index is 0.501. The Labute approximate surface area is 226 Å². The first-order chi connectivity index (χ1) is 18.6. The molecule has 6 nitrogen and oxygen atoms in total. The number of hydrogen-bond acceptors (Lipinski definition) is 4. The Morgan fingerprint density at radius 1 is 0.553 bits per heavy atom. The summed E-state index contributed by atoms with van der Waals surface area (Å²) in [7, 11) is 0. The SMILES string of the molecule is CCCCCCCCCCCCOc1ccc(NC(=O)C(=O)Nc2ccc(Oc3ccccc3)cc2)cc1. The molecule has 0 radical (unpaired) electrons. The van der Waals surface area contributed by atoms with Crippen molar-refractivity contribution in [2.45, 2.75) is 71.1 Å². The van der Waals surface area contributed by atoms with Crippen LogP contribution in [0.3, 0.4) is 0 Å². The van der Waals surface area contributed by atoms with Crippen LogP contribution in [0.5, 0.6) is 17.2 Å². The minimum Gasteiger partial charge on any atom is -0.494 e. The number of amides is 2. The summed E-state index contributed by atoms with van der Waals surface area (Å²) >= 11 is 0. The standard InChI is InChI=1S/C32H40N2O4/c1-2-3-4-5-6-7-8-9-10-14-25-37-28-21-17-26(18-22-28)33-31(35)32(36)34-27-19-23-30(24-20-27)38-29-15-12-11-13-16-29/h11-13,15-24H,2-10,14,25H2,1H3,(H,33,35)(H,34,36). The zero-order valence-corrected chi connectivity index (χ0v) is 22.4. The number of benzene rings is 3. The van der Waals surface area contributed by atoms with Crippen molar-refractivity contribution < 1.29 is 19.1 Å². The summed E-state index contributed by atoms with van der Waals surface area (Å²) in [6.45, 7) is 2.93. The van der Waals surface area contributed by atoms with E-state index in [-0.39, 0.29) is 0 Å². The number of anilines is 2. The van der Waals surface area contributed by atoms with E-state index in [1.54, 1.807) is 48.5 Å². The summed E-state index contributed by atoms with van der Waals surface area (Å²) < 4.78 is 11.5. The van der Waals surface area contributed by atoms with Crippen LogP contribution >= 0.6 is 0 Å². The molecule has 0 aliphatic heterocycles. The van der Waals surface area contributed by atoms with Crippen molar-refractivity contribution in [2.24, 2.45) is 0 Å². The van der Waals surface area contributed by atoms with E-state index in [0.717, 1.165) is 17.9 Å². The summed E-state index contributed by atoms with van der Waals surface area (Å²) in [5.74, 6) is 0.617. The quantitative estimate of drug-likeness (QED) is 0.148. The Morgan fingerprint density at radius 2 is 1.00 bits per heavy atom. The first kappa shape index (κ1) is 28.8. The van der Waals surface area contributed by atoms with Crippen molar-refractivity contribution in [1.82, 2.24) is 0 Å². The average Bonchev–Trinajstić information content (AvgIpc) is 2.94. The van der Waals surface area contributed by atoms with Gasteiger partial charge in [0.05, 0.1) is 6.61 Å². The molecule has 3 aromatic carbocycles. The van der Waals surface area contributed by atoms with Gasteiger partial charge in [-0.25, -0.2) is 0 Å². The first-order valence-corrected chi connectivity index (χ1v) is 13.8. The van der Waals surface area contributed by atoms with E-state index in [1.165, 1.54) is 57.8 Å². The number of ether oxygens (including phenoxy) is 2. The Kier molecular flexibility index (Phi) is 12.8. The van der Waals surface area contributed by atoms with Gasteiger partial charge >= 0.3 is 11.8 Å². The maximum atomic E-state index is 12.3. The average molecular weight is 517 g/mol. The number of carbonyl (C=O) groups is 2. The smallest absolute Gasteiger partial charge is 0.314 e. The van der Waals surface area contributed by atoms with E-state index in [4.69, 9.17) is 9.47 Å². The Bertz CT molecular complexity index is 1080. The minimum atomic E-state index is -0.747. The highest BCUT2D eigenvalue weighted by Crippen LogP contribution is 2.23. The molecule has 0 fully saturated rings. The first-order valence-electron chi connectivity index (χ1n) is 13.8. The largest absolute Gasteiger partial charge is 0.494 e. The van der Waals surface area contributed by atoms with Crippen LogP contribution in [0.1, 0.15) is 71.1 Å². The lowest BCUT2D eigenvalue weighted by atomic mass is 10.1. The van der Waals surface area contributed by atoms with Crippen molar-refractivity contribution in [3.05, 3.63) is 78.9 Å². The third-order valence-corrected chi connectivity index (χ3v) is 6.18. The van der Waals surface area contributed by atoms with Gasteiger partial charge in [0.15, 0.2) is 0 Å². The van der Waals surface area contributed by atoms with E-state index in [9.17, 15) is 9.59 Å². The monoisotopic (exact) mass is 516 g/mol. The molecule has 38 heavy (non-hydrogen) atoms. The molecule has 0 saturated carbocycles. The lowest BCUT2D eigenvalue weighted by molar-refractivity contribution is -0.132. The van der Waals surface area contributed by atoms with Crippen LogP contribution in [0, 0.1) is 0 Å². The number of para-hydroxylation sites is 1. The van der Waals surface area contributed by atoms with Crippen LogP contribution in [-0.2, 0) is 9.59 Å². The predicted octanol–water partition coefficient (Wildman–Crippen LogP) is 8.36. The normalized spacial score (nSPS) is 10.6. The second-order valence-electron chi connectivity index (χ2n) is 9.40. The molecule has 0 aliphatic rings. The molecule has 3 rings (SSSR count). The molecule has 0 bridgehead atoms. The van der Waals surface area contributed by atoms with Crippen molar-refractivity contribution in [3.8, 4) is 17.2 Å². The van der Waals surface area contributed by atoms with Gasteiger partial charge in [-0.3, -0.25) is 9.59 Å². The Balaban J connectivity index is 1.30. The molecule has 2 amide bonds. The molecule has 202 valence electrons. The highest BCUT2D eigenvalue weighted by molar-refractivity contribution is 6.43. The summed E-state index contributed by atoms with van der Waals surface area (Å²) in [6, 6.07) is 23.3. The summed E-state index contributed by atoms with van der Waals surface area (Å²) in [5, 5.41) is 5.21. The summed E-state index contributed by atoms with van der Waals surface area (Å²) in [4.78, 5) is 24.6. The molecule has 0 unspecified atom stereocenters. The highest BCUT2D eigenvalue weighted by atomic mass is 16.5. The van der Waals surface area contributed by atoms with Gasteiger partial charge in [-0.05, 0) is 67.1 Å². The third-order valence-electron chi connectivity index (χ3n) is 6.18. The molecule has 0 heterocycles.